The number of rotatable bonds is 8. The van der Waals surface area contributed by atoms with Crippen LogP contribution in [0.3, 0.4) is 0 Å². The summed E-state index contributed by atoms with van der Waals surface area (Å²) < 4.78 is 0. The van der Waals surface area contributed by atoms with Crippen molar-refractivity contribution in [2.45, 2.75) is 34.1 Å². The predicted octanol–water partition coefficient (Wildman–Crippen LogP) is 3.45. The van der Waals surface area contributed by atoms with Gasteiger partial charge in [-0.2, -0.15) is 0 Å². The lowest BCUT2D eigenvalue weighted by Gasteiger charge is -2.22. The predicted molar refractivity (Wildman–Crippen MR) is 111 cm³/mol. The topological polar surface area (TPSA) is 61.4 Å². The molecular formula is C22H29N3O2. The maximum absolute atomic E-state index is 12.2. The fraction of sp³-hybridized carbons (Fsp3) is 0.364. The molecule has 5 nitrogen and oxygen atoms in total. The van der Waals surface area contributed by atoms with E-state index in [4.69, 9.17) is 0 Å². The minimum absolute atomic E-state index is 0.0397. The van der Waals surface area contributed by atoms with Gasteiger partial charge in [0.2, 0.25) is 11.8 Å². The van der Waals surface area contributed by atoms with Crippen LogP contribution in [-0.4, -0.2) is 31.4 Å². The first-order valence-corrected chi connectivity index (χ1v) is 9.41. The molecule has 0 bridgehead atoms. The zero-order valence-electron chi connectivity index (χ0n) is 16.6. The lowest BCUT2D eigenvalue weighted by atomic mass is 10.1. The summed E-state index contributed by atoms with van der Waals surface area (Å²) in [4.78, 5) is 26.5. The molecule has 2 amide bonds. The summed E-state index contributed by atoms with van der Waals surface area (Å²) in [6, 6.07) is 13.7. The molecule has 27 heavy (non-hydrogen) atoms. The van der Waals surface area contributed by atoms with E-state index in [1.807, 2.05) is 50.2 Å². The molecule has 0 aromatic heterocycles. The summed E-state index contributed by atoms with van der Waals surface area (Å²) >= 11 is 0. The van der Waals surface area contributed by atoms with Crippen LogP contribution in [0.25, 0.3) is 0 Å². The Labute approximate surface area is 161 Å². The maximum atomic E-state index is 12.2. The van der Waals surface area contributed by atoms with Crippen LogP contribution < -0.4 is 15.5 Å². The highest BCUT2D eigenvalue weighted by Crippen LogP contribution is 2.22. The Morgan fingerprint density at radius 2 is 1.63 bits per heavy atom. The minimum atomic E-state index is -0.230. The Bertz CT molecular complexity index is 798. The zero-order valence-corrected chi connectivity index (χ0v) is 16.6. The Morgan fingerprint density at radius 3 is 2.26 bits per heavy atom. The normalized spacial score (nSPS) is 10.4. The molecule has 2 rings (SSSR count). The Hall–Kier alpha value is -2.82. The molecule has 0 unspecified atom stereocenters. The van der Waals surface area contributed by atoms with Gasteiger partial charge in [0.15, 0.2) is 0 Å². The monoisotopic (exact) mass is 367 g/mol. The SMILES string of the molecule is CCN(CC)c1ccc(NC(=O)CNC(=O)Cc2ccccc2C)c(C)c1. The minimum Gasteiger partial charge on any atom is -0.372 e. The van der Waals surface area contributed by atoms with E-state index in [1.54, 1.807) is 0 Å². The van der Waals surface area contributed by atoms with E-state index in [1.165, 1.54) is 0 Å². The van der Waals surface area contributed by atoms with Crippen LogP contribution in [0.4, 0.5) is 11.4 Å². The van der Waals surface area contributed by atoms with E-state index in [0.29, 0.717) is 0 Å². The second kappa shape index (κ2) is 9.76. The van der Waals surface area contributed by atoms with Crippen molar-refractivity contribution in [2.75, 3.05) is 29.9 Å². The largest absolute Gasteiger partial charge is 0.372 e. The van der Waals surface area contributed by atoms with Gasteiger partial charge in [-0.05, 0) is 62.6 Å². The molecule has 144 valence electrons. The maximum Gasteiger partial charge on any atom is 0.243 e. The number of benzene rings is 2. The van der Waals surface area contributed by atoms with E-state index in [2.05, 4.69) is 35.4 Å². The number of hydrogen-bond acceptors (Lipinski definition) is 3. The molecule has 0 heterocycles. The van der Waals surface area contributed by atoms with E-state index in [0.717, 1.165) is 41.2 Å². The molecule has 0 aliphatic carbocycles. The van der Waals surface area contributed by atoms with Gasteiger partial charge in [0, 0.05) is 24.5 Å². The Kier molecular flexibility index (Phi) is 7.41. The third kappa shape index (κ3) is 5.84. The molecule has 0 fully saturated rings. The van der Waals surface area contributed by atoms with Gasteiger partial charge in [-0.3, -0.25) is 9.59 Å². The molecule has 0 saturated carbocycles. The molecule has 0 radical (unpaired) electrons. The van der Waals surface area contributed by atoms with Gasteiger partial charge < -0.3 is 15.5 Å². The lowest BCUT2D eigenvalue weighted by molar-refractivity contribution is -0.123. The number of anilines is 2. The van der Waals surface area contributed by atoms with Crippen molar-refractivity contribution in [3.05, 3.63) is 59.2 Å². The average Bonchev–Trinajstić information content (AvgIpc) is 2.65. The highest BCUT2D eigenvalue weighted by molar-refractivity contribution is 5.95. The van der Waals surface area contributed by atoms with E-state index in [9.17, 15) is 9.59 Å². The number of aryl methyl sites for hydroxylation is 2. The van der Waals surface area contributed by atoms with Crippen LogP contribution in [0.15, 0.2) is 42.5 Å². The van der Waals surface area contributed by atoms with Gasteiger partial charge in [0.25, 0.3) is 0 Å². The second-order valence-corrected chi connectivity index (χ2v) is 6.60. The molecule has 5 heteroatoms. The molecule has 0 aliphatic rings. The van der Waals surface area contributed by atoms with Crippen LogP contribution in [0.5, 0.6) is 0 Å². The number of carbonyl (C=O) groups is 2. The van der Waals surface area contributed by atoms with E-state index >= 15 is 0 Å². The summed E-state index contributed by atoms with van der Waals surface area (Å²) in [5.74, 6) is -0.389. The third-order valence-corrected chi connectivity index (χ3v) is 4.67. The van der Waals surface area contributed by atoms with Crippen LogP contribution in [0.1, 0.15) is 30.5 Å². The van der Waals surface area contributed by atoms with Crippen molar-refractivity contribution >= 4 is 23.2 Å². The van der Waals surface area contributed by atoms with Crippen molar-refractivity contribution in [3.63, 3.8) is 0 Å². The van der Waals surface area contributed by atoms with Gasteiger partial charge in [-0.15, -0.1) is 0 Å². The van der Waals surface area contributed by atoms with E-state index in [-0.39, 0.29) is 24.8 Å². The molecule has 2 aromatic carbocycles. The fourth-order valence-electron chi connectivity index (χ4n) is 2.99. The fourth-order valence-corrected chi connectivity index (χ4v) is 2.99. The Balaban J connectivity index is 1.88. The molecule has 2 N–H and O–H groups in total. The number of nitrogens with zero attached hydrogens (tertiary/aromatic N) is 1. The Morgan fingerprint density at radius 1 is 0.926 bits per heavy atom. The zero-order chi connectivity index (χ0) is 19.8. The van der Waals surface area contributed by atoms with E-state index < -0.39 is 0 Å². The van der Waals surface area contributed by atoms with Crippen molar-refractivity contribution in [1.82, 2.24) is 5.32 Å². The first-order chi connectivity index (χ1) is 12.9. The highest BCUT2D eigenvalue weighted by atomic mass is 16.2. The molecule has 0 saturated heterocycles. The lowest BCUT2D eigenvalue weighted by Crippen LogP contribution is -2.34. The molecular weight excluding hydrogens is 338 g/mol. The number of hydrogen-bond donors (Lipinski definition) is 2. The van der Waals surface area contributed by atoms with Crippen molar-refractivity contribution in [3.8, 4) is 0 Å². The summed E-state index contributed by atoms with van der Waals surface area (Å²) in [5, 5.41) is 5.56. The summed E-state index contributed by atoms with van der Waals surface area (Å²) in [7, 11) is 0. The number of nitrogens with one attached hydrogen (secondary N) is 2. The summed E-state index contributed by atoms with van der Waals surface area (Å²) in [5.41, 5.74) is 4.95. The molecule has 0 spiro atoms. The standard InChI is InChI=1S/C22H29N3O2/c1-5-25(6-2)19-11-12-20(17(4)13-19)24-22(27)15-23-21(26)14-18-10-8-7-9-16(18)3/h7-13H,5-6,14-15H2,1-4H3,(H,23,26)(H,24,27). The van der Waals surface area contributed by atoms with Gasteiger partial charge in [0.1, 0.15) is 0 Å². The first-order valence-electron chi connectivity index (χ1n) is 9.41. The van der Waals surface area contributed by atoms with Gasteiger partial charge >= 0.3 is 0 Å². The van der Waals surface area contributed by atoms with Crippen molar-refractivity contribution in [2.24, 2.45) is 0 Å². The molecule has 0 aliphatic heterocycles. The molecule has 2 aromatic rings. The first kappa shape index (κ1) is 20.5. The summed E-state index contributed by atoms with van der Waals surface area (Å²) in [6.07, 6.45) is 0.275. The van der Waals surface area contributed by atoms with Gasteiger partial charge in [0.05, 0.1) is 13.0 Å². The summed E-state index contributed by atoms with van der Waals surface area (Å²) in [6.45, 7) is 10.0. The van der Waals surface area contributed by atoms with Crippen LogP contribution in [-0.2, 0) is 16.0 Å². The van der Waals surface area contributed by atoms with Crippen molar-refractivity contribution in [1.29, 1.82) is 0 Å². The highest BCUT2D eigenvalue weighted by Gasteiger charge is 2.10. The molecule has 0 atom stereocenters. The van der Waals surface area contributed by atoms with Gasteiger partial charge in [-0.1, -0.05) is 24.3 Å². The number of carbonyl (C=O) groups excluding carboxylic acids is 2. The number of amides is 2. The van der Waals surface area contributed by atoms with Gasteiger partial charge in [-0.25, -0.2) is 0 Å². The van der Waals surface area contributed by atoms with Crippen molar-refractivity contribution < 1.29 is 9.59 Å². The quantitative estimate of drug-likeness (QED) is 0.751. The van der Waals surface area contributed by atoms with Crippen LogP contribution in [0, 0.1) is 13.8 Å². The third-order valence-electron chi connectivity index (χ3n) is 4.67. The van der Waals surface area contributed by atoms with Crippen LogP contribution in [0.2, 0.25) is 0 Å². The smallest absolute Gasteiger partial charge is 0.243 e. The average molecular weight is 367 g/mol. The second-order valence-electron chi connectivity index (χ2n) is 6.60. The van der Waals surface area contributed by atoms with Crippen LogP contribution >= 0.6 is 0 Å².